The Morgan fingerprint density at radius 2 is 2.00 bits per heavy atom. The molecule has 1 aromatic carbocycles. The lowest BCUT2D eigenvalue weighted by Gasteiger charge is -2.23. The summed E-state index contributed by atoms with van der Waals surface area (Å²) in [6, 6.07) is 8.22. The van der Waals surface area contributed by atoms with Gasteiger partial charge in [0, 0.05) is 18.9 Å². The molecule has 6 heteroatoms. The Labute approximate surface area is 162 Å². The summed E-state index contributed by atoms with van der Waals surface area (Å²) in [5.74, 6) is 1.31. The zero-order valence-electron chi connectivity index (χ0n) is 16.3. The van der Waals surface area contributed by atoms with Crippen molar-refractivity contribution < 1.29 is 0 Å². The predicted molar refractivity (Wildman–Crippen MR) is 112 cm³/mol. The molecular weight excluding hydrogens is 350 g/mol. The lowest BCUT2D eigenvalue weighted by molar-refractivity contribution is 0.613. The van der Waals surface area contributed by atoms with Crippen LogP contribution >= 0.6 is 0 Å². The summed E-state index contributed by atoms with van der Waals surface area (Å²) in [5, 5.41) is 6.45. The van der Waals surface area contributed by atoms with E-state index in [4.69, 9.17) is 0 Å². The third kappa shape index (κ3) is 2.59. The Morgan fingerprint density at radius 1 is 1.18 bits per heavy atom. The van der Waals surface area contributed by atoms with Crippen LogP contribution in [0.4, 0.5) is 5.82 Å². The van der Waals surface area contributed by atoms with Crippen LogP contribution in [-0.4, -0.2) is 19.5 Å². The summed E-state index contributed by atoms with van der Waals surface area (Å²) in [4.78, 5) is 25.1. The molecule has 3 heterocycles. The topological polar surface area (TPSA) is 75.6 Å². The van der Waals surface area contributed by atoms with Crippen molar-refractivity contribution in [3.05, 3.63) is 64.0 Å². The summed E-state index contributed by atoms with van der Waals surface area (Å²) in [6.45, 7) is 4.04. The smallest absolute Gasteiger partial charge is 0.258 e. The second kappa shape index (κ2) is 6.19. The third-order valence-electron chi connectivity index (χ3n) is 5.89. The van der Waals surface area contributed by atoms with Crippen molar-refractivity contribution in [3.63, 3.8) is 0 Å². The zero-order chi connectivity index (χ0) is 19.4. The number of hydrogen-bond donors (Lipinski definition) is 2. The highest BCUT2D eigenvalue weighted by Crippen LogP contribution is 2.43. The van der Waals surface area contributed by atoms with Crippen molar-refractivity contribution in [2.24, 2.45) is 13.0 Å². The van der Waals surface area contributed by atoms with E-state index in [1.54, 1.807) is 10.9 Å². The average Bonchev–Trinajstić information content (AvgIpc) is 3.46. The van der Waals surface area contributed by atoms with Gasteiger partial charge >= 0.3 is 0 Å². The highest BCUT2D eigenvalue weighted by Gasteiger charge is 2.35. The third-order valence-corrected chi connectivity index (χ3v) is 5.89. The van der Waals surface area contributed by atoms with E-state index in [9.17, 15) is 4.79 Å². The maximum Gasteiger partial charge on any atom is 0.258 e. The minimum absolute atomic E-state index is 0.0370. The number of aromatic amines is 1. The fourth-order valence-electron chi connectivity index (χ4n) is 4.18. The van der Waals surface area contributed by atoms with Gasteiger partial charge in [0.2, 0.25) is 0 Å². The van der Waals surface area contributed by atoms with Gasteiger partial charge in [-0.2, -0.15) is 0 Å². The number of aromatic nitrogens is 4. The normalized spacial score (nSPS) is 15.2. The molecule has 1 saturated carbocycles. The Hall–Kier alpha value is -3.15. The molecule has 1 atom stereocenters. The summed E-state index contributed by atoms with van der Waals surface area (Å²) >= 11 is 0. The molecule has 6 nitrogen and oxygen atoms in total. The Balaban J connectivity index is 1.66. The van der Waals surface area contributed by atoms with E-state index in [0.29, 0.717) is 5.92 Å². The highest BCUT2D eigenvalue weighted by atomic mass is 16.1. The molecule has 0 bridgehead atoms. The molecule has 0 amide bonds. The summed E-state index contributed by atoms with van der Waals surface area (Å²) in [5.41, 5.74) is 4.01. The quantitative estimate of drug-likeness (QED) is 0.567. The lowest BCUT2D eigenvalue weighted by atomic mass is 10.0. The van der Waals surface area contributed by atoms with Gasteiger partial charge in [-0.25, -0.2) is 9.97 Å². The van der Waals surface area contributed by atoms with Crippen molar-refractivity contribution in [2.45, 2.75) is 32.7 Å². The fraction of sp³-hybridized carbons (Fsp3) is 0.318. The van der Waals surface area contributed by atoms with E-state index in [-0.39, 0.29) is 11.6 Å². The number of anilines is 1. The second-order valence-corrected chi connectivity index (χ2v) is 7.85. The number of fused-ring (bicyclic) bond motifs is 2. The second-order valence-electron chi connectivity index (χ2n) is 7.85. The van der Waals surface area contributed by atoms with Gasteiger partial charge in [-0.3, -0.25) is 4.79 Å². The largest absolute Gasteiger partial charge is 0.361 e. The zero-order valence-corrected chi connectivity index (χ0v) is 16.3. The molecule has 0 unspecified atom stereocenters. The molecule has 0 radical (unpaired) electrons. The van der Waals surface area contributed by atoms with E-state index < -0.39 is 0 Å². The van der Waals surface area contributed by atoms with Gasteiger partial charge in [-0.05, 0) is 55.2 Å². The van der Waals surface area contributed by atoms with E-state index in [1.165, 1.54) is 0 Å². The SMILES string of the molecule is Cc1c[nH]c2ncnc(N[C@H](c3cc4cccc(C)c4c(=O)n3C)C3CC3)c12. The monoisotopic (exact) mass is 373 g/mol. The number of rotatable bonds is 4. The number of H-pyrrole nitrogens is 1. The Morgan fingerprint density at radius 3 is 2.79 bits per heavy atom. The maximum absolute atomic E-state index is 13.1. The summed E-state index contributed by atoms with van der Waals surface area (Å²) < 4.78 is 1.80. The van der Waals surface area contributed by atoms with Crippen LogP contribution in [0.3, 0.4) is 0 Å². The Kier molecular flexibility index (Phi) is 3.75. The van der Waals surface area contributed by atoms with Crippen molar-refractivity contribution >= 4 is 27.6 Å². The molecule has 0 aliphatic heterocycles. The van der Waals surface area contributed by atoms with Crippen LogP contribution < -0.4 is 10.9 Å². The molecule has 2 N–H and O–H groups in total. The van der Waals surface area contributed by atoms with Crippen LogP contribution in [0.5, 0.6) is 0 Å². The molecular formula is C22H23N5O. The van der Waals surface area contributed by atoms with Crippen LogP contribution in [-0.2, 0) is 7.05 Å². The van der Waals surface area contributed by atoms with E-state index in [2.05, 4.69) is 26.3 Å². The number of pyridine rings is 1. The summed E-state index contributed by atoms with van der Waals surface area (Å²) in [7, 11) is 1.87. The molecule has 0 saturated heterocycles. The molecule has 1 aliphatic rings. The van der Waals surface area contributed by atoms with Gasteiger partial charge in [0.25, 0.3) is 5.56 Å². The standard InChI is InChI=1S/C22H23N5O/c1-12-5-4-6-15-9-16(27(3)22(28)17(12)15)19(14-7-8-14)26-21-18-13(2)10-23-20(18)24-11-25-21/h4-6,9-11,14,19H,7-8H2,1-3H3,(H2,23,24,25,26)/t19-/m0/s1. The van der Waals surface area contributed by atoms with Crippen molar-refractivity contribution in [1.29, 1.82) is 0 Å². The van der Waals surface area contributed by atoms with Gasteiger partial charge in [-0.1, -0.05) is 18.2 Å². The van der Waals surface area contributed by atoms with Gasteiger partial charge in [0.05, 0.1) is 16.8 Å². The van der Waals surface area contributed by atoms with Crippen molar-refractivity contribution in [1.82, 2.24) is 19.5 Å². The number of benzene rings is 1. The molecule has 1 fully saturated rings. The molecule has 0 spiro atoms. The van der Waals surface area contributed by atoms with Crippen LogP contribution in [0.15, 0.2) is 41.6 Å². The first-order valence-electron chi connectivity index (χ1n) is 9.69. The predicted octanol–water partition coefficient (Wildman–Crippen LogP) is 3.99. The number of nitrogens with one attached hydrogen (secondary N) is 2. The molecule has 142 valence electrons. The highest BCUT2D eigenvalue weighted by molar-refractivity contribution is 5.90. The number of nitrogens with zero attached hydrogens (tertiary/aromatic N) is 3. The summed E-state index contributed by atoms with van der Waals surface area (Å²) in [6.07, 6.45) is 5.83. The first-order chi connectivity index (χ1) is 13.5. The minimum Gasteiger partial charge on any atom is -0.361 e. The molecule has 1 aliphatic carbocycles. The first kappa shape index (κ1) is 17.0. The molecule has 5 rings (SSSR count). The first-order valence-corrected chi connectivity index (χ1v) is 9.69. The lowest BCUT2D eigenvalue weighted by Crippen LogP contribution is -2.27. The van der Waals surface area contributed by atoms with Gasteiger partial charge in [0.1, 0.15) is 17.8 Å². The maximum atomic E-state index is 13.1. The van der Waals surface area contributed by atoms with Crippen LogP contribution in [0, 0.1) is 19.8 Å². The van der Waals surface area contributed by atoms with Crippen LogP contribution in [0.25, 0.3) is 21.8 Å². The minimum atomic E-state index is 0.0370. The van der Waals surface area contributed by atoms with E-state index in [1.807, 2.05) is 45.3 Å². The van der Waals surface area contributed by atoms with Crippen molar-refractivity contribution in [2.75, 3.05) is 5.32 Å². The van der Waals surface area contributed by atoms with Gasteiger partial charge in [0.15, 0.2) is 0 Å². The average molecular weight is 373 g/mol. The Bertz CT molecular complexity index is 1270. The van der Waals surface area contributed by atoms with Crippen molar-refractivity contribution in [3.8, 4) is 0 Å². The van der Waals surface area contributed by atoms with Crippen LogP contribution in [0.2, 0.25) is 0 Å². The van der Waals surface area contributed by atoms with Gasteiger partial charge in [-0.15, -0.1) is 0 Å². The fourth-order valence-corrected chi connectivity index (χ4v) is 4.18. The van der Waals surface area contributed by atoms with E-state index in [0.717, 1.165) is 57.3 Å². The molecule has 28 heavy (non-hydrogen) atoms. The van der Waals surface area contributed by atoms with Crippen LogP contribution in [0.1, 0.15) is 35.7 Å². The van der Waals surface area contributed by atoms with E-state index >= 15 is 0 Å². The number of aryl methyl sites for hydroxylation is 2. The molecule has 3 aromatic heterocycles. The number of hydrogen-bond acceptors (Lipinski definition) is 4. The van der Waals surface area contributed by atoms with Gasteiger partial charge < -0.3 is 14.9 Å². The molecule has 4 aromatic rings.